The number of hydrogen-bond acceptors (Lipinski definition) is 2. The summed E-state index contributed by atoms with van der Waals surface area (Å²) in [4.78, 5) is 0. The van der Waals surface area contributed by atoms with Gasteiger partial charge in [-0.1, -0.05) is 93.9 Å². The Kier molecular flexibility index (Phi) is 13.4. The Bertz CT molecular complexity index is 439. The molecule has 0 saturated heterocycles. The quantitative estimate of drug-likeness (QED) is 0.347. The van der Waals surface area contributed by atoms with Crippen LogP contribution in [-0.2, 0) is 0 Å². The molecule has 2 N–H and O–H groups in total. The lowest BCUT2D eigenvalue weighted by Gasteiger charge is -2.43. The van der Waals surface area contributed by atoms with E-state index in [-0.39, 0.29) is 12.2 Å². The van der Waals surface area contributed by atoms with E-state index in [2.05, 4.69) is 55.4 Å². The first-order chi connectivity index (χ1) is 14.9. The third-order valence-corrected chi connectivity index (χ3v) is 9.21. The van der Waals surface area contributed by atoms with Gasteiger partial charge in [0, 0.05) is 0 Å². The molecule has 0 aromatic heterocycles. The Hall–Kier alpha value is -0.0800. The predicted octanol–water partition coefficient (Wildman–Crippen LogP) is 8.78. The molecule has 2 rings (SSSR count). The van der Waals surface area contributed by atoms with E-state index in [4.69, 9.17) is 0 Å². The van der Waals surface area contributed by atoms with Crippen LogP contribution >= 0.6 is 0 Å². The second kappa shape index (κ2) is 14.3. The van der Waals surface area contributed by atoms with Crippen LogP contribution in [0.4, 0.5) is 0 Å². The van der Waals surface area contributed by atoms with E-state index in [0.29, 0.717) is 10.8 Å². The highest BCUT2D eigenvalue weighted by atomic mass is 16.3. The zero-order chi connectivity index (χ0) is 24.4. The SMILES string of the molecule is CCCC(O)CC[C@@H]1[C@@H](C)CCCC1(C)C.CCCC(O)CC[C@H]1[C@@H](C)CCCC1(C)C. The number of aliphatic hydroxyl groups is 2. The van der Waals surface area contributed by atoms with Gasteiger partial charge in [0.15, 0.2) is 0 Å². The molecule has 0 aromatic carbocycles. The second-order valence-electron chi connectivity index (χ2n) is 13.0. The molecular formula is C30H60O2. The molecule has 0 amide bonds. The summed E-state index contributed by atoms with van der Waals surface area (Å²) in [7, 11) is 0. The monoisotopic (exact) mass is 452 g/mol. The predicted molar refractivity (Wildman–Crippen MR) is 141 cm³/mol. The Balaban J connectivity index is 0.000000320. The van der Waals surface area contributed by atoms with Crippen LogP contribution < -0.4 is 0 Å². The average Bonchev–Trinajstić information content (AvgIpc) is 2.67. The van der Waals surface area contributed by atoms with Crippen molar-refractivity contribution in [2.45, 2.75) is 157 Å². The van der Waals surface area contributed by atoms with E-state index in [1.165, 1.54) is 51.4 Å². The van der Waals surface area contributed by atoms with Gasteiger partial charge in [-0.05, 0) is 85.9 Å². The van der Waals surface area contributed by atoms with Gasteiger partial charge in [0.05, 0.1) is 12.2 Å². The molecule has 192 valence electrons. The molecule has 0 aromatic rings. The summed E-state index contributed by atoms with van der Waals surface area (Å²) in [6.45, 7) is 18.8. The minimum absolute atomic E-state index is 0.0603. The normalized spacial score (nSPS) is 31.3. The van der Waals surface area contributed by atoms with Gasteiger partial charge in [-0.2, -0.15) is 0 Å². The summed E-state index contributed by atoms with van der Waals surface area (Å²) >= 11 is 0. The fourth-order valence-electron chi connectivity index (χ4n) is 7.12. The van der Waals surface area contributed by atoms with Gasteiger partial charge < -0.3 is 10.2 Å². The van der Waals surface area contributed by atoms with Crippen molar-refractivity contribution in [2.24, 2.45) is 34.5 Å². The molecule has 2 aliphatic carbocycles. The molecule has 6 atom stereocenters. The van der Waals surface area contributed by atoms with Gasteiger partial charge in [0.25, 0.3) is 0 Å². The maximum Gasteiger partial charge on any atom is 0.0540 e. The lowest BCUT2D eigenvalue weighted by atomic mass is 9.62. The van der Waals surface area contributed by atoms with Crippen LogP contribution in [0, 0.1) is 34.5 Å². The standard InChI is InChI=1S/2C15H30O/c2*1-5-7-13(16)9-10-14-12(2)8-6-11-15(14,3)4/h2*12-14,16H,5-11H2,1-4H3/t12-,13?,14+;12-,13?,14-/m00/s1. The molecule has 2 nitrogen and oxygen atoms in total. The molecule has 2 saturated carbocycles. The topological polar surface area (TPSA) is 40.5 Å². The Morgan fingerprint density at radius 3 is 1.28 bits per heavy atom. The summed E-state index contributed by atoms with van der Waals surface area (Å²) in [5.41, 5.74) is 0.979. The average molecular weight is 453 g/mol. The first-order valence-electron chi connectivity index (χ1n) is 14.3. The molecule has 0 radical (unpaired) electrons. The molecule has 2 aliphatic rings. The lowest BCUT2D eigenvalue weighted by molar-refractivity contribution is 0.0557. The van der Waals surface area contributed by atoms with Crippen LogP contribution in [0.5, 0.6) is 0 Å². The van der Waals surface area contributed by atoms with Crippen molar-refractivity contribution < 1.29 is 10.2 Å². The minimum Gasteiger partial charge on any atom is -0.393 e. The molecule has 0 heterocycles. The third kappa shape index (κ3) is 10.0. The van der Waals surface area contributed by atoms with Crippen LogP contribution in [0.3, 0.4) is 0 Å². The summed E-state index contributed by atoms with van der Waals surface area (Å²) in [6, 6.07) is 0. The van der Waals surface area contributed by atoms with Gasteiger partial charge >= 0.3 is 0 Å². The van der Waals surface area contributed by atoms with Crippen LogP contribution in [0.15, 0.2) is 0 Å². The van der Waals surface area contributed by atoms with E-state index in [9.17, 15) is 10.2 Å². The Labute approximate surface area is 202 Å². The summed E-state index contributed by atoms with van der Waals surface area (Å²) in [5, 5.41) is 19.7. The summed E-state index contributed by atoms with van der Waals surface area (Å²) in [6.07, 6.45) is 16.8. The van der Waals surface area contributed by atoms with Crippen molar-refractivity contribution in [3.05, 3.63) is 0 Å². The van der Waals surface area contributed by atoms with E-state index in [1.54, 1.807) is 0 Å². The number of rotatable bonds is 10. The van der Waals surface area contributed by atoms with Gasteiger partial charge in [-0.3, -0.25) is 0 Å². The van der Waals surface area contributed by atoms with Crippen molar-refractivity contribution in [3.63, 3.8) is 0 Å². The first-order valence-corrected chi connectivity index (χ1v) is 14.3. The Morgan fingerprint density at radius 2 is 1.00 bits per heavy atom. The smallest absolute Gasteiger partial charge is 0.0540 e. The number of hydrogen-bond donors (Lipinski definition) is 2. The fourth-order valence-corrected chi connectivity index (χ4v) is 7.12. The largest absolute Gasteiger partial charge is 0.393 e. The van der Waals surface area contributed by atoms with E-state index in [0.717, 1.165) is 62.2 Å². The van der Waals surface area contributed by atoms with Crippen molar-refractivity contribution in [3.8, 4) is 0 Å². The van der Waals surface area contributed by atoms with Crippen molar-refractivity contribution in [1.82, 2.24) is 0 Å². The fraction of sp³-hybridized carbons (Fsp3) is 1.00. The summed E-state index contributed by atoms with van der Waals surface area (Å²) < 4.78 is 0. The highest BCUT2D eigenvalue weighted by Gasteiger charge is 2.37. The molecule has 2 unspecified atom stereocenters. The molecule has 2 heteroatoms. The van der Waals surface area contributed by atoms with Gasteiger partial charge in [0.1, 0.15) is 0 Å². The molecule has 0 spiro atoms. The maximum atomic E-state index is 9.84. The highest BCUT2D eigenvalue weighted by Crippen LogP contribution is 2.47. The highest BCUT2D eigenvalue weighted by molar-refractivity contribution is 4.87. The van der Waals surface area contributed by atoms with E-state index >= 15 is 0 Å². The molecule has 32 heavy (non-hydrogen) atoms. The zero-order valence-electron chi connectivity index (χ0n) is 23.3. The molecule has 2 fully saturated rings. The van der Waals surface area contributed by atoms with Crippen LogP contribution in [0.2, 0.25) is 0 Å². The minimum atomic E-state index is -0.0603. The maximum absolute atomic E-state index is 9.84. The van der Waals surface area contributed by atoms with Crippen LogP contribution in [0.25, 0.3) is 0 Å². The second-order valence-corrected chi connectivity index (χ2v) is 13.0. The van der Waals surface area contributed by atoms with Crippen LogP contribution in [0.1, 0.15) is 145 Å². The zero-order valence-corrected chi connectivity index (χ0v) is 23.3. The van der Waals surface area contributed by atoms with E-state index < -0.39 is 0 Å². The Morgan fingerprint density at radius 1 is 0.656 bits per heavy atom. The lowest BCUT2D eigenvalue weighted by Crippen LogP contribution is -2.34. The van der Waals surface area contributed by atoms with Crippen molar-refractivity contribution in [2.75, 3.05) is 0 Å². The number of aliphatic hydroxyl groups excluding tert-OH is 2. The van der Waals surface area contributed by atoms with E-state index in [1.807, 2.05) is 0 Å². The molecule has 0 bridgehead atoms. The molecule has 0 aliphatic heterocycles. The first kappa shape index (κ1) is 30.0. The van der Waals surface area contributed by atoms with Crippen molar-refractivity contribution in [1.29, 1.82) is 0 Å². The van der Waals surface area contributed by atoms with Gasteiger partial charge in [-0.25, -0.2) is 0 Å². The van der Waals surface area contributed by atoms with Crippen molar-refractivity contribution >= 4 is 0 Å². The van der Waals surface area contributed by atoms with Gasteiger partial charge in [-0.15, -0.1) is 0 Å². The third-order valence-electron chi connectivity index (χ3n) is 9.21. The summed E-state index contributed by atoms with van der Waals surface area (Å²) in [5.74, 6) is 3.32. The van der Waals surface area contributed by atoms with Crippen LogP contribution in [-0.4, -0.2) is 22.4 Å². The van der Waals surface area contributed by atoms with Gasteiger partial charge in [0.2, 0.25) is 0 Å². The molecular weight excluding hydrogens is 392 g/mol.